The van der Waals surface area contributed by atoms with Crippen LogP contribution in [0.25, 0.3) is 10.8 Å². The zero-order valence-corrected chi connectivity index (χ0v) is 8.70. The molecule has 0 atom stereocenters. The fraction of sp³-hybridized carbons (Fsp3) is 0.143. The van der Waals surface area contributed by atoms with E-state index in [1.165, 1.54) is 6.07 Å². The molecule has 2 rings (SSSR count). The number of aliphatic hydroxyl groups excluding tert-OH is 1. The van der Waals surface area contributed by atoms with Crippen LogP contribution in [0.5, 0.6) is 0 Å². The first-order chi connectivity index (χ1) is 7.83. The van der Waals surface area contributed by atoms with E-state index in [4.69, 9.17) is 5.11 Å². The summed E-state index contributed by atoms with van der Waals surface area (Å²) in [4.78, 5) is 0. The minimum atomic E-state index is -0.233. The molecule has 0 heterocycles. The van der Waals surface area contributed by atoms with Crippen molar-refractivity contribution in [2.24, 2.45) is 0 Å². The summed E-state index contributed by atoms with van der Waals surface area (Å²) < 4.78 is 13.5. The second kappa shape index (κ2) is 4.78. The van der Waals surface area contributed by atoms with Gasteiger partial charge in [0, 0.05) is 22.8 Å². The molecule has 1 nitrogen and oxygen atoms in total. The molecule has 0 bridgehead atoms. The molecule has 2 aromatic rings. The summed E-state index contributed by atoms with van der Waals surface area (Å²) in [5.74, 6) is 5.55. The van der Waals surface area contributed by atoms with Crippen LogP contribution in [0.15, 0.2) is 36.4 Å². The third-order valence-electron chi connectivity index (χ3n) is 2.33. The van der Waals surface area contributed by atoms with E-state index in [-0.39, 0.29) is 12.4 Å². The van der Waals surface area contributed by atoms with E-state index in [9.17, 15) is 4.39 Å². The maximum atomic E-state index is 13.5. The molecule has 16 heavy (non-hydrogen) atoms. The number of benzene rings is 2. The molecular formula is C14H11FO. The van der Waals surface area contributed by atoms with Gasteiger partial charge in [-0.3, -0.25) is 0 Å². The van der Waals surface area contributed by atoms with Crippen molar-refractivity contribution in [2.45, 2.75) is 6.42 Å². The van der Waals surface area contributed by atoms with Gasteiger partial charge in [0.15, 0.2) is 0 Å². The lowest BCUT2D eigenvalue weighted by Gasteiger charge is -2.01. The van der Waals surface area contributed by atoms with E-state index in [0.717, 1.165) is 10.9 Å². The van der Waals surface area contributed by atoms with Gasteiger partial charge in [0.1, 0.15) is 5.82 Å². The van der Waals surface area contributed by atoms with Gasteiger partial charge in [-0.25, -0.2) is 4.39 Å². The summed E-state index contributed by atoms with van der Waals surface area (Å²) >= 11 is 0. The van der Waals surface area contributed by atoms with E-state index in [2.05, 4.69) is 11.8 Å². The van der Waals surface area contributed by atoms with Crippen molar-refractivity contribution in [1.82, 2.24) is 0 Å². The zero-order chi connectivity index (χ0) is 11.4. The van der Waals surface area contributed by atoms with Crippen molar-refractivity contribution in [1.29, 1.82) is 0 Å². The summed E-state index contributed by atoms with van der Waals surface area (Å²) in [6.45, 7) is 0.0477. The first kappa shape index (κ1) is 10.7. The van der Waals surface area contributed by atoms with Crippen LogP contribution in [0.4, 0.5) is 4.39 Å². The van der Waals surface area contributed by atoms with Crippen molar-refractivity contribution in [3.63, 3.8) is 0 Å². The van der Waals surface area contributed by atoms with Gasteiger partial charge in [0.2, 0.25) is 0 Å². The van der Waals surface area contributed by atoms with Crippen LogP contribution in [-0.2, 0) is 0 Å². The zero-order valence-electron chi connectivity index (χ0n) is 8.70. The summed E-state index contributed by atoms with van der Waals surface area (Å²) in [6, 6.07) is 10.3. The third-order valence-corrected chi connectivity index (χ3v) is 2.33. The Bertz CT molecular complexity index is 564. The van der Waals surface area contributed by atoms with Gasteiger partial charge in [0.25, 0.3) is 0 Å². The fourth-order valence-corrected chi connectivity index (χ4v) is 1.58. The highest BCUT2D eigenvalue weighted by atomic mass is 19.1. The van der Waals surface area contributed by atoms with Crippen molar-refractivity contribution < 1.29 is 9.50 Å². The van der Waals surface area contributed by atoms with E-state index in [1.807, 2.05) is 12.1 Å². The first-order valence-electron chi connectivity index (χ1n) is 5.10. The van der Waals surface area contributed by atoms with Crippen molar-refractivity contribution >= 4 is 10.8 Å². The Morgan fingerprint density at radius 1 is 1.06 bits per heavy atom. The minimum absolute atomic E-state index is 0.0477. The van der Waals surface area contributed by atoms with Crippen LogP contribution >= 0.6 is 0 Å². The van der Waals surface area contributed by atoms with Gasteiger partial charge in [-0.05, 0) is 12.1 Å². The van der Waals surface area contributed by atoms with Crippen molar-refractivity contribution in [3.05, 3.63) is 47.8 Å². The highest BCUT2D eigenvalue weighted by Gasteiger charge is 2.02. The molecule has 80 valence electrons. The number of halogens is 1. The van der Waals surface area contributed by atoms with Crippen molar-refractivity contribution in [3.8, 4) is 11.8 Å². The molecule has 0 spiro atoms. The first-order valence-corrected chi connectivity index (χ1v) is 5.10. The van der Waals surface area contributed by atoms with E-state index < -0.39 is 0 Å². The summed E-state index contributed by atoms with van der Waals surface area (Å²) in [7, 11) is 0. The second-order valence-corrected chi connectivity index (χ2v) is 3.42. The summed E-state index contributed by atoms with van der Waals surface area (Å²) in [5.41, 5.74) is 0.797. The van der Waals surface area contributed by atoms with Crippen LogP contribution in [0, 0.1) is 17.7 Å². The van der Waals surface area contributed by atoms with Crippen LogP contribution in [-0.4, -0.2) is 11.7 Å². The molecule has 2 aromatic carbocycles. The quantitative estimate of drug-likeness (QED) is 0.724. The molecule has 1 N–H and O–H groups in total. The maximum absolute atomic E-state index is 13.5. The molecule has 0 aliphatic carbocycles. The van der Waals surface area contributed by atoms with Gasteiger partial charge in [-0.15, -0.1) is 0 Å². The van der Waals surface area contributed by atoms with Crippen LogP contribution in [0.2, 0.25) is 0 Å². The molecule has 0 saturated heterocycles. The Kier molecular flexibility index (Phi) is 3.19. The summed E-state index contributed by atoms with van der Waals surface area (Å²) in [6.07, 6.45) is 0.436. The Morgan fingerprint density at radius 2 is 1.81 bits per heavy atom. The SMILES string of the molecule is OCCC#Cc1ccc(F)c2ccccc12. The molecule has 0 fully saturated rings. The molecule has 0 aliphatic rings. The second-order valence-electron chi connectivity index (χ2n) is 3.42. The molecule has 0 aromatic heterocycles. The Balaban J connectivity index is 2.56. The largest absolute Gasteiger partial charge is 0.395 e. The standard InChI is InChI=1S/C14H11FO/c15-14-9-8-11(5-3-4-10-16)12-6-1-2-7-13(12)14/h1-2,6-9,16H,4,10H2. The maximum Gasteiger partial charge on any atom is 0.131 e. The third kappa shape index (κ3) is 2.05. The van der Waals surface area contributed by atoms with E-state index >= 15 is 0 Å². The number of fused-ring (bicyclic) bond motifs is 1. The average molecular weight is 214 g/mol. The average Bonchev–Trinajstić information content (AvgIpc) is 2.33. The Hall–Kier alpha value is -1.85. The van der Waals surface area contributed by atoms with Gasteiger partial charge in [0.05, 0.1) is 6.61 Å². The molecule has 0 radical (unpaired) electrons. The smallest absolute Gasteiger partial charge is 0.131 e. The topological polar surface area (TPSA) is 20.2 Å². The van der Waals surface area contributed by atoms with Gasteiger partial charge in [-0.1, -0.05) is 36.1 Å². The van der Waals surface area contributed by atoms with E-state index in [1.54, 1.807) is 18.2 Å². The highest BCUT2D eigenvalue weighted by molar-refractivity contribution is 5.88. The molecular weight excluding hydrogens is 203 g/mol. The molecule has 0 amide bonds. The molecule has 2 heteroatoms. The van der Waals surface area contributed by atoms with Crippen molar-refractivity contribution in [2.75, 3.05) is 6.61 Å². The summed E-state index contributed by atoms with van der Waals surface area (Å²) in [5, 5.41) is 10.0. The highest BCUT2D eigenvalue weighted by Crippen LogP contribution is 2.20. The predicted molar refractivity (Wildman–Crippen MR) is 62.5 cm³/mol. The lowest BCUT2D eigenvalue weighted by Crippen LogP contribution is -1.84. The number of hydrogen-bond acceptors (Lipinski definition) is 1. The van der Waals surface area contributed by atoms with Gasteiger partial charge >= 0.3 is 0 Å². The lowest BCUT2D eigenvalue weighted by atomic mass is 10.0. The fourth-order valence-electron chi connectivity index (χ4n) is 1.58. The molecule has 0 saturated carbocycles. The number of hydrogen-bond donors (Lipinski definition) is 1. The van der Waals surface area contributed by atoms with Gasteiger partial charge in [-0.2, -0.15) is 0 Å². The van der Waals surface area contributed by atoms with Gasteiger partial charge < -0.3 is 5.11 Å². The molecule has 0 aliphatic heterocycles. The van der Waals surface area contributed by atoms with Crippen LogP contribution in [0.3, 0.4) is 0 Å². The predicted octanol–water partition coefficient (Wildman–Crippen LogP) is 2.71. The van der Waals surface area contributed by atoms with Crippen LogP contribution < -0.4 is 0 Å². The minimum Gasteiger partial charge on any atom is -0.395 e. The van der Waals surface area contributed by atoms with Crippen LogP contribution in [0.1, 0.15) is 12.0 Å². The monoisotopic (exact) mass is 214 g/mol. The normalized spacial score (nSPS) is 9.88. The molecule has 0 unspecified atom stereocenters. The Labute approximate surface area is 93.5 Å². The number of aliphatic hydroxyl groups is 1. The van der Waals surface area contributed by atoms with E-state index in [0.29, 0.717) is 11.8 Å². The Morgan fingerprint density at radius 3 is 2.56 bits per heavy atom. The lowest BCUT2D eigenvalue weighted by molar-refractivity contribution is 0.305. The number of rotatable bonds is 1.